The molecule has 0 spiro atoms. The molecule has 3 aromatic rings. The van der Waals surface area contributed by atoms with Gasteiger partial charge in [0.1, 0.15) is 22.2 Å². The highest BCUT2D eigenvalue weighted by Crippen LogP contribution is 2.34. The third-order valence-electron chi connectivity index (χ3n) is 2.98. The highest BCUT2D eigenvalue weighted by Gasteiger charge is 2.17. The van der Waals surface area contributed by atoms with E-state index >= 15 is 0 Å². The lowest BCUT2D eigenvalue weighted by molar-refractivity contribution is 0.413. The Morgan fingerprint density at radius 3 is 2.85 bits per heavy atom. The molecule has 0 saturated carbocycles. The maximum Gasteiger partial charge on any atom is 0.169 e. The average molecular weight is 289 g/mol. The largest absolute Gasteiger partial charge is 0.496 e. The van der Waals surface area contributed by atoms with E-state index in [9.17, 15) is 4.39 Å². The summed E-state index contributed by atoms with van der Waals surface area (Å²) >= 11 is 1.49. The van der Waals surface area contributed by atoms with Crippen LogP contribution in [0.1, 0.15) is 0 Å². The lowest BCUT2D eigenvalue weighted by Gasteiger charge is -2.10. The fourth-order valence-electron chi connectivity index (χ4n) is 2.05. The smallest absolute Gasteiger partial charge is 0.169 e. The van der Waals surface area contributed by atoms with E-state index in [-0.39, 0.29) is 5.56 Å². The summed E-state index contributed by atoms with van der Waals surface area (Å²) in [4.78, 5) is 9.64. The van der Waals surface area contributed by atoms with E-state index in [1.54, 1.807) is 19.2 Å². The average Bonchev–Trinajstić information content (AvgIpc) is 2.94. The maximum absolute atomic E-state index is 14.1. The van der Waals surface area contributed by atoms with Gasteiger partial charge in [-0.05, 0) is 23.6 Å². The van der Waals surface area contributed by atoms with Crippen molar-refractivity contribution in [3.05, 3.63) is 35.5 Å². The van der Waals surface area contributed by atoms with Crippen LogP contribution in [0.3, 0.4) is 0 Å². The molecule has 2 aromatic heterocycles. The van der Waals surface area contributed by atoms with Gasteiger partial charge in [0.05, 0.1) is 18.1 Å². The number of nitrogens with one attached hydrogen (secondary N) is 1. The summed E-state index contributed by atoms with van der Waals surface area (Å²) < 4.78 is 19.3. The molecule has 1 N–H and O–H groups in total. The quantitative estimate of drug-likeness (QED) is 0.801. The van der Waals surface area contributed by atoms with Crippen molar-refractivity contribution in [3.8, 4) is 17.1 Å². The van der Waals surface area contributed by atoms with E-state index < -0.39 is 5.82 Å². The van der Waals surface area contributed by atoms with Crippen LogP contribution in [0.25, 0.3) is 21.6 Å². The van der Waals surface area contributed by atoms with Crippen molar-refractivity contribution >= 4 is 27.4 Å². The van der Waals surface area contributed by atoms with Crippen LogP contribution in [0.5, 0.6) is 5.75 Å². The van der Waals surface area contributed by atoms with E-state index in [0.717, 1.165) is 10.2 Å². The van der Waals surface area contributed by atoms with Gasteiger partial charge >= 0.3 is 0 Å². The van der Waals surface area contributed by atoms with Gasteiger partial charge in [-0.3, -0.25) is 0 Å². The van der Waals surface area contributed by atoms with Gasteiger partial charge in [0.2, 0.25) is 0 Å². The zero-order valence-corrected chi connectivity index (χ0v) is 11.8. The molecule has 0 saturated heterocycles. The Morgan fingerprint density at radius 2 is 2.10 bits per heavy atom. The highest BCUT2D eigenvalue weighted by atomic mass is 32.1. The molecule has 0 aliphatic heterocycles. The first kappa shape index (κ1) is 12.8. The first-order valence-electron chi connectivity index (χ1n) is 6.00. The van der Waals surface area contributed by atoms with Crippen molar-refractivity contribution in [3.63, 3.8) is 0 Å². The summed E-state index contributed by atoms with van der Waals surface area (Å²) in [6.07, 6.45) is 0. The Morgan fingerprint density at radius 1 is 1.25 bits per heavy atom. The number of hydrogen-bond donors (Lipinski definition) is 1. The lowest BCUT2D eigenvalue weighted by Crippen LogP contribution is -2.00. The first-order chi connectivity index (χ1) is 9.74. The minimum absolute atomic E-state index is 0.279. The van der Waals surface area contributed by atoms with Crippen LogP contribution in [0.4, 0.5) is 10.2 Å². The third kappa shape index (κ3) is 1.98. The Bertz CT molecular complexity index is 772. The number of hydrogen-bond acceptors (Lipinski definition) is 5. The van der Waals surface area contributed by atoms with Gasteiger partial charge in [0, 0.05) is 7.05 Å². The van der Waals surface area contributed by atoms with Crippen LogP contribution in [-0.2, 0) is 0 Å². The second-order valence-corrected chi connectivity index (χ2v) is 5.00. The number of ether oxygens (including phenoxy) is 1. The number of methoxy groups -OCH3 is 1. The van der Waals surface area contributed by atoms with E-state index in [1.807, 2.05) is 11.4 Å². The molecule has 0 atom stereocenters. The summed E-state index contributed by atoms with van der Waals surface area (Å²) in [6, 6.07) is 6.60. The third-order valence-corrected chi connectivity index (χ3v) is 3.79. The molecule has 0 aliphatic rings. The van der Waals surface area contributed by atoms with Crippen molar-refractivity contribution in [2.75, 3.05) is 19.5 Å². The zero-order chi connectivity index (χ0) is 14.1. The standard InChI is InChI=1S/C14H12FN3OS/c1-16-12-8-6-7-20-14(8)18-13(17-12)11-9(15)4-3-5-10(11)19-2/h3-7H,1-2H3,(H,16,17,18). The second kappa shape index (κ2) is 5.05. The molecular weight excluding hydrogens is 277 g/mol. The zero-order valence-electron chi connectivity index (χ0n) is 11.0. The van der Waals surface area contributed by atoms with Crippen LogP contribution in [-0.4, -0.2) is 24.1 Å². The molecule has 6 heteroatoms. The fourth-order valence-corrected chi connectivity index (χ4v) is 2.81. The Hall–Kier alpha value is -2.21. The molecule has 0 unspecified atom stereocenters. The molecule has 20 heavy (non-hydrogen) atoms. The van der Waals surface area contributed by atoms with Gasteiger partial charge in [0.25, 0.3) is 0 Å². The summed E-state index contributed by atoms with van der Waals surface area (Å²) in [5, 5.41) is 5.88. The van der Waals surface area contributed by atoms with E-state index in [4.69, 9.17) is 4.74 Å². The topological polar surface area (TPSA) is 47.0 Å². The predicted molar refractivity (Wildman–Crippen MR) is 78.9 cm³/mol. The molecule has 0 aliphatic carbocycles. The molecule has 2 heterocycles. The minimum Gasteiger partial charge on any atom is -0.496 e. The van der Waals surface area contributed by atoms with Crippen LogP contribution in [0, 0.1) is 5.82 Å². The lowest BCUT2D eigenvalue weighted by atomic mass is 10.1. The number of anilines is 1. The second-order valence-electron chi connectivity index (χ2n) is 4.10. The molecular formula is C14H12FN3OS. The molecule has 3 rings (SSSR count). The maximum atomic E-state index is 14.1. The summed E-state index contributed by atoms with van der Waals surface area (Å²) in [5.41, 5.74) is 0.279. The van der Waals surface area contributed by atoms with Crippen LogP contribution in [0.2, 0.25) is 0 Å². The number of nitrogens with zero attached hydrogens (tertiary/aromatic N) is 2. The fraction of sp³-hybridized carbons (Fsp3) is 0.143. The number of benzene rings is 1. The normalized spacial score (nSPS) is 10.8. The van der Waals surface area contributed by atoms with Crippen molar-refractivity contribution in [1.82, 2.24) is 9.97 Å². The molecule has 102 valence electrons. The molecule has 0 radical (unpaired) electrons. The van der Waals surface area contributed by atoms with Gasteiger partial charge in [-0.25, -0.2) is 14.4 Å². The van der Waals surface area contributed by atoms with Crippen molar-refractivity contribution in [2.45, 2.75) is 0 Å². The number of rotatable bonds is 3. The molecule has 4 nitrogen and oxygen atoms in total. The van der Waals surface area contributed by atoms with E-state index in [1.165, 1.54) is 24.5 Å². The molecule has 0 amide bonds. The minimum atomic E-state index is -0.401. The molecule has 0 fully saturated rings. The number of halogens is 1. The van der Waals surface area contributed by atoms with Crippen LogP contribution >= 0.6 is 11.3 Å². The monoisotopic (exact) mass is 289 g/mol. The van der Waals surface area contributed by atoms with Crippen molar-refractivity contribution in [2.24, 2.45) is 0 Å². The van der Waals surface area contributed by atoms with Crippen molar-refractivity contribution in [1.29, 1.82) is 0 Å². The van der Waals surface area contributed by atoms with Crippen LogP contribution < -0.4 is 10.1 Å². The Balaban J connectivity index is 2.29. The van der Waals surface area contributed by atoms with E-state index in [0.29, 0.717) is 17.4 Å². The van der Waals surface area contributed by atoms with Crippen LogP contribution in [0.15, 0.2) is 29.6 Å². The van der Waals surface area contributed by atoms with Gasteiger partial charge in [-0.2, -0.15) is 0 Å². The number of thiophene rings is 1. The molecule has 0 bridgehead atoms. The van der Waals surface area contributed by atoms with E-state index in [2.05, 4.69) is 15.3 Å². The summed E-state index contributed by atoms with van der Waals surface area (Å²) in [5.74, 6) is 1.01. The predicted octanol–water partition coefficient (Wildman–Crippen LogP) is 3.55. The highest BCUT2D eigenvalue weighted by molar-refractivity contribution is 7.16. The van der Waals surface area contributed by atoms with Gasteiger partial charge < -0.3 is 10.1 Å². The summed E-state index contributed by atoms with van der Waals surface area (Å²) in [7, 11) is 3.28. The summed E-state index contributed by atoms with van der Waals surface area (Å²) in [6.45, 7) is 0. The first-order valence-corrected chi connectivity index (χ1v) is 6.88. The van der Waals surface area contributed by atoms with Gasteiger partial charge in [-0.1, -0.05) is 6.07 Å². The number of fused-ring (bicyclic) bond motifs is 1. The Kier molecular flexibility index (Phi) is 3.23. The van der Waals surface area contributed by atoms with Gasteiger partial charge in [-0.15, -0.1) is 11.3 Å². The van der Waals surface area contributed by atoms with Gasteiger partial charge in [0.15, 0.2) is 5.82 Å². The SMILES string of the molecule is CNc1nc(-c2c(F)cccc2OC)nc2sccc12. The Labute approximate surface area is 119 Å². The number of aromatic nitrogens is 2. The molecule has 1 aromatic carbocycles. The van der Waals surface area contributed by atoms with Crippen molar-refractivity contribution < 1.29 is 9.13 Å².